The second-order valence-corrected chi connectivity index (χ2v) is 5.28. The summed E-state index contributed by atoms with van der Waals surface area (Å²) >= 11 is 0. The van der Waals surface area contributed by atoms with E-state index in [2.05, 4.69) is 10.6 Å². The molecule has 1 heterocycles. The van der Waals surface area contributed by atoms with Crippen molar-refractivity contribution in [3.63, 3.8) is 0 Å². The quantitative estimate of drug-likeness (QED) is 0.704. The Bertz CT molecular complexity index is 283. The lowest BCUT2D eigenvalue weighted by molar-refractivity contribution is -0.125. The van der Waals surface area contributed by atoms with Crippen LogP contribution in [-0.2, 0) is 9.53 Å². The molecule has 0 aromatic carbocycles. The first-order valence-electron chi connectivity index (χ1n) is 5.55. The standard InChI is InChI=1S/C11H20N2O3/c1-7-5-8(9(14)12-6-7)13-10(15)16-11(2,3)4/h7-8H,5-6H2,1-4H3,(H,12,14)(H,13,15)/t7-,8-/m1/s1. The van der Waals surface area contributed by atoms with Crippen molar-refractivity contribution in [1.29, 1.82) is 0 Å². The molecule has 0 radical (unpaired) electrons. The van der Waals surface area contributed by atoms with E-state index in [1.54, 1.807) is 20.8 Å². The summed E-state index contributed by atoms with van der Waals surface area (Å²) in [4.78, 5) is 22.9. The zero-order valence-electron chi connectivity index (χ0n) is 10.3. The van der Waals surface area contributed by atoms with Crippen LogP contribution in [0, 0.1) is 5.92 Å². The molecule has 1 aliphatic rings. The number of carbonyl (C=O) groups is 2. The molecule has 2 amide bonds. The molecule has 5 heteroatoms. The summed E-state index contributed by atoms with van der Waals surface area (Å²) in [6.45, 7) is 8.07. The first kappa shape index (κ1) is 12.8. The van der Waals surface area contributed by atoms with Gasteiger partial charge in [-0.3, -0.25) is 4.79 Å². The third-order valence-electron chi connectivity index (χ3n) is 2.27. The van der Waals surface area contributed by atoms with E-state index in [4.69, 9.17) is 4.74 Å². The van der Waals surface area contributed by atoms with Gasteiger partial charge in [0.25, 0.3) is 0 Å². The molecule has 0 unspecified atom stereocenters. The van der Waals surface area contributed by atoms with E-state index in [9.17, 15) is 9.59 Å². The Morgan fingerprint density at radius 2 is 2.12 bits per heavy atom. The van der Waals surface area contributed by atoms with Crippen LogP contribution in [0.15, 0.2) is 0 Å². The minimum Gasteiger partial charge on any atom is -0.444 e. The summed E-state index contributed by atoms with van der Waals surface area (Å²) in [5.41, 5.74) is -0.541. The Balaban J connectivity index is 2.46. The maximum absolute atomic E-state index is 11.5. The van der Waals surface area contributed by atoms with Crippen molar-refractivity contribution in [2.24, 2.45) is 5.92 Å². The van der Waals surface area contributed by atoms with E-state index in [1.165, 1.54) is 0 Å². The zero-order valence-corrected chi connectivity index (χ0v) is 10.3. The topological polar surface area (TPSA) is 67.4 Å². The minimum absolute atomic E-state index is 0.135. The summed E-state index contributed by atoms with van der Waals surface area (Å²) in [6, 6.07) is -0.474. The summed E-state index contributed by atoms with van der Waals surface area (Å²) in [5, 5.41) is 5.32. The summed E-state index contributed by atoms with van der Waals surface area (Å²) in [7, 11) is 0. The van der Waals surface area contributed by atoms with Gasteiger partial charge in [0.1, 0.15) is 11.6 Å². The number of carbonyl (C=O) groups excluding carboxylic acids is 2. The van der Waals surface area contributed by atoms with Gasteiger partial charge >= 0.3 is 6.09 Å². The first-order chi connectivity index (χ1) is 7.28. The number of piperidine rings is 1. The molecule has 0 saturated carbocycles. The van der Waals surface area contributed by atoms with E-state index in [0.29, 0.717) is 18.9 Å². The fourth-order valence-corrected chi connectivity index (χ4v) is 1.57. The Hall–Kier alpha value is -1.26. The normalized spacial score (nSPS) is 25.9. The van der Waals surface area contributed by atoms with Gasteiger partial charge in [0, 0.05) is 6.54 Å². The van der Waals surface area contributed by atoms with Gasteiger partial charge in [0.05, 0.1) is 0 Å². The van der Waals surface area contributed by atoms with Crippen LogP contribution in [-0.4, -0.2) is 30.2 Å². The van der Waals surface area contributed by atoms with Gasteiger partial charge in [-0.15, -0.1) is 0 Å². The average Bonchev–Trinajstić information content (AvgIpc) is 2.08. The molecule has 5 nitrogen and oxygen atoms in total. The number of hydrogen-bond donors (Lipinski definition) is 2. The van der Waals surface area contributed by atoms with Crippen LogP contribution in [0.5, 0.6) is 0 Å². The first-order valence-corrected chi connectivity index (χ1v) is 5.55. The average molecular weight is 228 g/mol. The van der Waals surface area contributed by atoms with Crippen molar-refractivity contribution < 1.29 is 14.3 Å². The van der Waals surface area contributed by atoms with Gasteiger partial charge in [0.2, 0.25) is 5.91 Å². The van der Waals surface area contributed by atoms with Gasteiger partial charge < -0.3 is 15.4 Å². The summed E-state index contributed by atoms with van der Waals surface area (Å²) < 4.78 is 5.09. The van der Waals surface area contributed by atoms with Crippen LogP contribution in [0.1, 0.15) is 34.1 Å². The molecule has 0 aromatic heterocycles. The van der Waals surface area contributed by atoms with Crippen molar-refractivity contribution in [1.82, 2.24) is 10.6 Å². The van der Waals surface area contributed by atoms with Gasteiger partial charge in [0.15, 0.2) is 0 Å². The Kier molecular flexibility index (Phi) is 3.78. The predicted octanol–water partition coefficient (Wildman–Crippen LogP) is 1.04. The molecule has 0 bridgehead atoms. The lowest BCUT2D eigenvalue weighted by Gasteiger charge is -2.28. The molecular weight excluding hydrogens is 208 g/mol. The van der Waals surface area contributed by atoms with Crippen LogP contribution in [0.25, 0.3) is 0 Å². The zero-order chi connectivity index (χ0) is 12.3. The molecule has 92 valence electrons. The number of rotatable bonds is 1. The number of amides is 2. The molecule has 2 atom stereocenters. The van der Waals surface area contributed by atoms with Crippen molar-refractivity contribution in [2.75, 3.05) is 6.54 Å². The van der Waals surface area contributed by atoms with Gasteiger partial charge in [-0.2, -0.15) is 0 Å². The number of nitrogens with one attached hydrogen (secondary N) is 2. The van der Waals surface area contributed by atoms with Crippen molar-refractivity contribution in [2.45, 2.75) is 45.8 Å². The summed E-state index contributed by atoms with van der Waals surface area (Å²) in [5.74, 6) is 0.238. The van der Waals surface area contributed by atoms with Gasteiger partial charge in [-0.25, -0.2) is 4.79 Å². The highest BCUT2D eigenvalue weighted by Crippen LogP contribution is 2.12. The fraction of sp³-hybridized carbons (Fsp3) is 0.818. The predicted molar refractivity (Wildman–Crippen MR) is 59.9 cm³/mol. The van der Waals surface area contributed by atoms with Gasteiger partial charge in [-0.05, 0) is 33.1 Å². The molecule has 0 spiro atoms. The van der Waals surface area contributed by atoms with Crippen molar-refractivity contribution >= 4 is 12.0 Å². The molecule has 1 fully saturated rings. The molecule has 1 saturated heterocycles. The van der Waals surface area contributed by atoms with Crippen LogP contribution < -0.4 is 10.6 Å². The van der Waals surface area contributed by atoms with E-state index >= 15 is 0 Å². The van der Waals surface area contributed by atoms with Gasteiger partial charge in [-0.1, -0.05) is 6.92 Å². The Labute approximate surface area is 95.9 Å². The maximum Gasteiger partial charge on any atom is 0.408 e. The molecule has 16 heavy (non-hydrogen) atoms. The SMILES string of the molecule is C[C@H]1CNC(=O)[C@H](NC(=O)OC(C)(C)C)C1. The van der Waals surface area contributed by atoms with Crippen LogP contribution in [0.3, 0.4) is 0 Å². The van der Waals surface area contributed by atoms with E-state index < -0.39 is 17.7 Å². The lowest BCUT2D eigenvalue weighted by Crippen LogP contribution is -2.53. The molecule has 0 aliphatic carbocycles. The number of ether oxygens (including phenoxy) is 1. The second-order valence-electron chi connectivity index (χ2n) is 5.28. The van der Waals surface area contributed by atoms with E-state index in [1.807, 2.05) is 6.92 Å². The van der Waals surface area contributed by atoms with Crippen LogP contribution in [0.4, 0.5) is 4.79 Å². The fourth-order valence-electron chi connectivity index (χ4n) is 1.57. The van der Waals surface area contributed by atoms with Crippen molar-refractivity contribution in [3.05, 3.63) is 0 Å². The molecule has 1 aliphatic heterocycles. The molecule has 0 aromatic rings. The Morgan fingerprint density at radius 3 is 2.69 bits per heavy atom. The van der Waals surface area contributed by atoms with E-state index in [-0.39, 0.29) is 5.91 Å². The largest absolute Gasteiger partial charge is 0.444 e. The van der Waals surface area contributed by atoms with Crippen molar-refractivity contribution in [3.8, 4) is 0 Å². The maximum atomic E-state index is 11.5. The molecule has 2 N–H and O–H groups in total. The molecular formula is C11H20N2O3. The number of hydrogen-bond acceptors (Lipinski definition) is 3. The third-order valence-corrected chi connectivity index (χ3v) is 2.27. The van der Waals surface area contributed by atoms with Crippen LogP contribution in [0.2, 0.25) is 0 Å². The number of alkyl carbamates (subject to hydrolysis) is 1. The minimum atomic E-state index is -0.541. The summed E-state index contributed by atoms with van der Waals surface area (Å²) in [6.07, 6.45) is 0.118. The molecule has 1 rings (SSSR count). The lowest BCUT2D eigenvalue weighted by atomic mass is 9.97. The monoisotopic (exact) mass is 228 g/mol. The van der Waals surface area contributed by atoms with E-state index in [0.717, 1.165) is 0 Å². The smallest absolute Gasteiger partial charge is 0.408 e. The van der Waals surface area contributed by atoms with Crippen LogP contribution >= 0.6 is 0 Å². The highest BCUT2D eigenvalue weighted by molar-refractivity contribution is 5.86. The Morgan fingerprint density at radius 1 is 1.50 bits per heavy atom. The third kappa shape index (κ3) is 4.08. The highest BCUT2D eigenvalue weighted by Gasteiger charge is 2.29. The second kappa shape index (κ2) is 4.72. The highest BCUT2D eigenvalue weighted by atomic mass is 16.6.